The van der Waals surface area contributed by atoms with Crippen molar-refractivity contribution in [1.82, 2.24) is 0 Å². The Morgan fingerprint density at radius 2 is 0.943 bits per heavy atom. The maximum Gasteiger partial charge on any atom is 0.472 e. The minimum absolute atomic E-state index is 0.0961. The van der Waals surface area contributed by atoms with Crippen molar-refractivity contribution in [3.05, 3.63) is 24.3 Å². The van der Waals surface area contributed by atoms with Crippen LogP contribution in [0.5, 0.6) is 0 Å². The first kappa shape index (κ1) is 52.0. The van der Waals surface area contributed by atoms with Gasteiger partial charge >= 0.3 is 13.8 Å². The monoisotopic (exact) mass is 772 g/mol. The Bertz CT molecular complexity index is 869. The molecule has 0 saturated heterocycles. The molecule has 9 heteroatoms. The van der Waals surface area contributed by atoms with E-state index in [1.807, 2.05) is 0 Å². The van der Waals surface area contributed by atoms with E-state index in [0.29, 0.717) is 13.0 Å². The van der Waals surface area contributed by atoms with Crippen molar-refractivity contribution in [1.29, 1.82) is 0 Å². The highest BCUT2D eigenvalue weighted by Crippen LogP contribution is 2.43. The van der Waals surface area contributed by atoms with E-state index in [9.17, 15) is 14.3 Å². The predicted octanol–water partition coefficient (Wildman–Crippen LogP) is 13.3. The second-order valence-corrected chi connectivity index (χ2v) is 16.4. The lowest BCUT2D eigenvalue weighted by molar-refractivity contribution is -0.154. The number of phosphoric acid groups is 1. The number of nitrogens with two attached hydrogens (primary N) is 1. The molecule has 314 valence electrons. The second-order valence-electron chi connectivity index (χ2n) is 14.9. The molecule has 0 radical (unpaired) electrons. The van der Waals surface area contributed by atoms with Crippen LogP contribution in [0.15, 0.2) is 24.3 Å². The molecular weight excluding hydrogens is 685 g/mol. The van der Waals surface area contributed by atoms with Gasteiger partial charge in [0.2, 0.25) is 0 Å². The molecule has 53 heavy (non-hydrogen) atoms. The van der Waals surface area contributed by atoms with Crippen LogP contribution in [0, 0.1) is 0 Å². The van der Waals surface area contributed by atoms with Crippen LogP contribution in [0.1, 0.15) is 213 Å². The Hall–Kier alpha value is -1.02. The van der Waals surface area contributed by atoms with Gasteiger partial charge in [0.1, 0.15) is 6.10 Å². The van der Waals surface area contributed by atoms with E-state index in [2.05, 4.69) is 38.2 Å². The first-order valence-electron chi connectivity index (χ1n) is 22.3. The molecular formula is C44H86NO7P. The molecule has 3 N–H and O–H groups in total. The van der Waals surface area contributed by atoms with E-state index in [-0.39, 0.29) is 32.3 Å². The average molecular weight is 772 g/mol. The predicted molar refractivity (Wildman–Crippen MR) is 224 cm³/mol. The molecule has 2 unspecified atom stereocenters. The number of hydrogen-bond acceptors (Lipinski definition) is 7. The van der Waals surface area contributed by atoms with Crippen LogP contribution in [0.25, 0.3) is 0 Å². The van der Waals surface area contributed by atoms with Crippen molar-refractivity contribution in [2.75, 3.05) is 33.0 Å². The lowest BCUT2D eigenvalue weighted by Crippen LogP contribution is -2.28. The van der Waals surface area contributed by atoms with Gasteiger partial charge in [-0.05, 0) is 64.2 Å². The maximum absolute atomic E-state index is 12.6. The highest BCUT2D eigenvalue weighted by atomic mass is 31.2. The minimum atomic E-state index is -4.28. The number of allylic oxidation sites excluding steroid dienone is 4. The van der Waals surface area contributed by atoms with E-state index < -0.39 is 13.9 Å². The zero-order valence-electron chi connectivity index (χ0n) is 34.8. The molecule has 0 aromatic rings. The number of rotatable bonds is 43. The summed E-state index contributed by atoms with van der Waals surface area (Å²) in [5, 5.41) is 0. The summed E-state index contributed by atoms with van der Waals surface area (Å²) in [6.07, 6.45) is 46.2. The first-order valence-corrected chi connectivity index (χ1v) is 23.8. The zero-order chi connectivity index (χ0) is 38.8. The molecule has 0 saturated carbocycles. The van der Waals surface area contributed by atoms with E-state index in [0.717, 1.165) is 32.1 Å². The second kappa shape index (κ2) is 42.1. The van der Waals surface area contributed by atoms with Crippen molar-refractivity contribution in [3.63, 3.8) is 0 Å². The fourth-order valence-corrected chi connectivity index (χ4v) is 7.05. The highest BCUT2D eigenvalue weighted by molar-refractivity contribution is 7.47. The summed E-state index contributed by atoms with van der Waals surface area (Å²) in [7, 11) is -4.28. The van der Waals surface area contributed by atoms with Crippen LogP contribution >= 0.6 is 7.82 Å². The Kier molecular flexibility index (Phi) is 41.3. The van der Waals surface area contributed by atoms with Gasteiger partial charge in [0, 0.05) is 19.6 Å². The summed E-state index contributed by atoms with van der Waals surface area (Å²) in [5.74, 6) is -0.335. The van der Waals surface area contributed by atoms with Crippen LogP contribution in [0.4, 0.5) is 0 Å². The summed E-state index contributed by atoms with van der Waals surface area (Å²) in [4.78, 5) is 22.5. The maximum atomic E-state index is 12.6. The summed E-state index contributed by atoms with van der Waals surface area (Å²) in [5.41, 5.74) is 5.37. The van der Waals surface area contributed by atoms with Crippen molar-refractivity contribution in [2.45, 2.75) is 219 Å². The number of phosphoric ester groups is 1. The third kappa shape index (κ3) is 42.0. The van der Waals surface area contributed by atoms with Crippen molar-refractivity contribution >= 4 is 13.8 Å². The van der Waals surface area contributed by atoms with Crippen molar-refractivity contribution < 1.29 is 32.8 Å². The molecule has 0 aromatic carbocycles. The van der Waals surface area contributed by atoms with Crippen LogP contribution in [-0.2, 0) is 27.9 Å². The average Bonchev–Trinajstić information content (AvgIpc) is 3.15. The fourth-order valence-electron chi connectivity index (χ4n) is 6.28. The smallest absolute Gasteiger partial charge is 0.457 e. The lowest BCUT2D eigenvalue weighted by atomic mass is 10.1. The van der Waals surface area contributed by atoms with Gasteiger partial charge in [-0.1, -0.05) is 167 Å². The normalized spacial score (nSPS) is 13.7. The third-order valence-electron chi connectivity index (χ3n) is 9.59. The number of carbonyl (C=O) groups excluding carboxylic acids is 1. The minimum Gasteiger partial charge on any atom is -0.457 e. The number of unbranched alkanes of at least 4 members (excludes halogenated alkanes) is 26. The molecule has 0 aromatic heterocycles. The van der Waals surface area contributed by atoms with Gasteiger partial charge in [-0.25, -0.2) is 4.57 Å². The van der Waals surface area contributed by atoms with Crippen LogP contribution in [-0.4, -0.2) is 49.9 Å². The topological polar surface area (TPSA) is 117 Å². The van der Waals surface area contributed by atoms with Gasteiger partial charge in [-0.15, -0.1) is 0 Å². The van der Waals surface area contributed by atoms with Crippen LogP contribution in [0.3, 0.4) is 0 Å². The molecule has 0 spiro atoms. The summed E-state index contributed by atoms with van der Waals surface area (Å²) in [6, 6.07) is 0. The molecule has 8 nitrogen and oxygen atoms in total. The van der Waals surface area contributed by atoms with Gasteiger partial charge in [-0.3, -0.25) is 13.8 Å². The zero-order valence-corrected chi connectivity index (χ0v) is 35.7. The Labute approximate surface area is 327 Å². The van der Waals surface area contributed by atoms with Crippen molar-refractivity contribution in [3.8, 4) is 0 Å². The molecule has 0 aliphatic rings. The van der Waals surface area contributed by atoms with E-state index in [1.54, 1.807) is 0 Å². The molecule has 0 rings (SSSR count). The van der Waals surface area contributed by atoms with Crippen LogP contribution < -0.4 is 5.73 Å². The lowest BCUT2D eigenvalue weighted by Gasteiger charge is -2.20. The van der Waals surface area contributed by atoms with E-state index >= 15 is 0 Å². The molecule has 0 aliphatic carbocycles. The molecule has 0 bridgehead atoms. The highest BCUT2D eigenvalue weighted by Gasteiger charge is 2.25. The quantitative estimate of drug-likeness (QED) is 0.0272. The van der Waals surface area contributed by atoms with Gasteiger partial charge in [0.25, 0.3) is 0 Å². The van der Waals surface area contributed by atoms with E-state index in [4.69, 9.17) is 24.3 Å². The molecule has 0 heterocycles. The number of esters is 1. The Morgan fingerprint density at radius 3 is 1.38 bits per heavy atom. The standard InChI is InChI=1S/C44H86NO7P/c1-3-5-7-9-11-13-15-17-19-21-23-25-27-29-31-33-35-37-44(46)52-43(42-51-53(47,48)50-40-38-45)41-49-39-36-34-32-30-28-26-24-22-20-18-16-14-12-10-8-6-4-2/h17,19-20,22,43H,3-16,18,21,23-42,45H2,1-2H3,(H,47,48)/b19-17-,22-20-. The van der Waals surface area contributed by atoms with Gasteiger partial charge in [-0.2, -0.15) is 0 Å². The molecule has 0 amide bonds. The SMILES string of the molecule is CCCCCCCC/C=C\CCCCCCCCCC(=O)OC(COCCCCCCCC/C=C\CCCCCCCCC)COP(=O)(O)OCCN. The Balaban J connectivity index is 4.02. The Morgan fingerprint density at radius 1 is 0.547 bits per heavy atom. The molecule has 2 atom stereocenters. The molecule has 0 fully saturated rings. The largest absolute Gasteiger partial charge is 0.472 e. The van der Waals surface area contributed by atoms with Gasteiger partial charge in [0.15, 0.2) is 0 Å². The van der Waals surface area contributed by atoms with Crippen LogP contribution in [0.2, 0.25) is 0 Å². The summed E-state index contributed by atoms with van der Waals surface area (Å²) in [6.45, 7) is 4.92. The first-order chi connectivity index (χ1) is 25.9. The van der Waals surface area contributed by atoms with E-state index in [1.165, 1.54) is 161 Å². The third-order valence-corrected chi connectivity index (χ3v) is 10.6. The summed E-state index contributed by atoms with van der Waals surface area (Å²) < 4.78 is 33.4. The van der Waals surface area contributed by atoms with Gasteiger partial charge < -0.3 is 20.1 Å². The fraction of sp³-hybridized carbons (Fsp3) is 0.886. The number of hydrogen-bond donors (Lipinski definition) is 2. The van der Waals surface area contributed by atoms with Crippen molar-refractivity contribution in [2.24, 2.45) is 5.73 Å². The number of carbonyl (C=O) groups is 1. The molecule has 0 aliphatic heterocycles. The summed E-state index contributed by atoms with van der Waals surface area (Å²) >= 11 is 0. The van der Waals surface area contributed by atoms with Gasteiger partial charge in [0.05, 0.1) is 19.8 Å². The number of ether oxygens (including phenoxy) is 2.